The molecule has 6 nitrogen and oxygen atoms in total. The summed E-state index contributed by atoms with van der Waals surface area (Å²) in [5.74, 6) is -0.449. The van der Waals surface area contributed by atoms with Gasteiger partial charge in [0, 0.05) is 52.5 Å². The number of nitrogens with one attached hydrogen (secondary N) is 1. The SMILES string of the molecule is CC1=C(C)C(=O)C(CCC(=O)Nc2ccc(-n3ccnc3)cc2)=C(C)C1=O. The third-order valence-corrected chi connectivity index (χ3v) is 4.87. The van der Waals surface area contributed by atoms with Crippen LogP contribution in [0, 0.1) is 0 Å². The maximum Gasteiger partial charge on any atom is 0.224 e. The third kappa shape index (κ3) is 3.79. The molecule has 0 saturated heterocycles. The van der Waals surface area contributed by atoms with Crippen molar-refractivity contribution in [2.45, 2.75) is 33.6 Å². The van der Waals surface area contributed by atoms with Gasteiger partial charge in [0.25, 0.3) is 0 Å². The summed E-state index contributed by atoms with van der Waals surface area (Å²) in [5.41, 5.74) is 3.46. The summed E-state index contributed by atoms with van der Waals surface area (Å²) in [5, 5.41) is 2.82. The number of allylic oxidation sites excluding steroid dienone is 4. The van der Waals surface area contributed by atoms with E-state index in [1.165, 1.54) is 0 Å². The van der Waals surface area contributed by atoms with Gasteiger partial charge >= 0.3 is 0 Å². The van der Waals surface area contributed by atoms with E-state index in [1.54, 1.807) is 33.3 Å². The van der Waals surface area contributed by atoms with E-state index >= 15 is 0 Å². The van der Waals surface area contributed by atoms with Gasteiger partial charge in [0.15, 0.2) is 11.6 Å². The van der Waals surface area contributed by atoms with Crippen molar-refractivity contribution in [2.24, 2.45) is 0 Å². The van der Waals surface area contributed by atoms with Crippen LogP contribution in [0.15, 0.2) is 65.3 Å². The van der Waals surface area contributed by atoms with E-state index in [2.05, 4.69) is 10.3 Å². The molecule has 1 amide bonds. The fraction of sp³-hybridized carbons (Fsp3) is 0.238. The number of carbonyl (C=O) groups excluding carboxylic acids is 3. The lowest BCUT2D eigenvalue weighted by molar-refractivity contribution is -0.117. The van der Waals surface area contributed by atoms with E-state index in [4.69, 9.17) is 0 Å². The molecule has 1 aliphatic rings. The smallest absolute Gasteiger partial charge is 0.224 e. The quantitative estimate of drug-likeness (QED) is 0.826. The number of Topliss-reactive ketones (excluding diaryl/α,β-unsaturated/α-hetero) is 2. The number of ketones is 2. The van der Waals surface area contributed by atoms with Crippen molar-refractivity contribution < 1.29 is 14.4 Å². The number of carbonyl (C=O) groups is 3. The zero-order chi connectivity index (χ0) is 19.6. The molecule has 0 aliphatic heterocycles. The van der Waals surface area contributed by atoms with Crippen molar-refractivity contribution in [2.75, 3.05) is 5.32 Å². The van der Waals surface area contributed by atoms with Crippen molar-refractivity contribution in [3.63, 3.8) is 0 Å². The number of amides is 1. The number of imidazole rings is 1. The lowest BCUT2D eigenvalue weighted by Crippen LogP contribution is -2.22. The summed E-state index contributed by atoms with van der Waals surface area (Å²) in [6.07, 6.45) is 5.62. The summed E-state index contributed by atoms with van der Waals surface area (Å²) in [4.78, 5) is 40.8. The molecule has 2 aromatic rings. The molecule has 0 spiro atoms. The van der Waals surface area contributed by atoms with Crippen LogP contribution < -0.4 is 5.32 Å². The van der Waals surface area contributed by atoms with Gasteiger partial charge in [-0.1, -0.05) is 0 Å². The molecule has 1 aromatic carbocycles. The lowest BCUT2D eigenvalue weighted by Gasteiger charge is -2.18. The zero-order valence-corrected chi connectivity index (χ0v) is 15.6. The summed E-state index contributed by atoms with van der Waals surface area (Å²) in [7, 11) is 0. The molecule has 0 saturated carbocycles. The van der Waals surface area contributed by atoms with Crippen LogP contribution in [0.25, 0.3) is 5.69 Å². The average Bonchev–Trinajstić information content (AvgIpc) is 3.20. The third-order valence-electron chi connectivity index (χ3n) is 4.87. The second kappa shape index (κ2) is 7.53. The summed E-state index contributed by atoms with van der Waals surface area (Å²) in [6.45, 7) is 4.97. The highest BCUT2D eigenvalue weighted by atomic mass is 16.2. The number of hydrogen-bond acceptors (Lipinski definition) is 4. The summed E-state index contributed by atoms with van der Waals surface area (Å²) in [6, 6.07) is 7.38. The predicted molar refractivity (Wildman–Crippen MR) is 103 cm³/mol. The highest BCUT2D eigenvalue weighted by Crippen LogP contribution is 2.27. The Bertz CT molecular complexity index is 965. The maximum absolute atomic E-state index is 12.4. The molecule has 0 bridgehead atoms. The van der Waals surface area contributed by atoms with Crippen molar-refractivity contribution in [1.82, 2.24) is 9.55 Å². The molecule has 0 unspecified atom stereocenters. The normalized spacial score (nSPS) is 14.8. The van der Waals surface area contributed by atoms with Crippen LogP contribution in [-0.2, 0) is 14.4 Å². The van der Waals surface area contributed by atoms with E-state index in [1.807, 2.05) is 35.0 Å². The minimum absolute atomic E-state index is 0.113. The van der Waals surface area contributed by atoms with Gasteiger partial charge in [-0.2, -0.15) is 0 Å². The number of aromatic nitrogens is 2. The first-order chi connectivity index (χ1) is 12.9. The highest BCUT2D eigenvalue weighted by Gasteiger charge is 2.27. The molecular weight excluding hydrogens is 342 g/mol. The van der Waals surface area contributed by atoms with Gasteiger partial charge in [-0.3, -0.25) is 14.4 Å². The van der Waals surface area contributed by atoms with Crippen LogP contribution in [0.1, 0.15) is 33.6 Å². The predicted octanol–water partition coefficient (Wildman–Crippen LogP) is 3.40. The average molecular weight is 363 g/mol. The van der Waals surface area contributed by atoms with Crippen LogP contribution in [0.5, 0.6) is 0 Å². The van der Waals surface area contributed by atoms with E-state index in [0.29, 0.717) is 28.0 Å². The fourth-order valence-electron chi connectivity index (χ4n) is 3.05. The molecular formula is C21H21N3O3. The molecule has 27 heavy (non-hydrogen) atoms. The summed E-state index contributed by atoms with van der Waals surface area (Å²) >= 11 is 0. The van der Waals surface area contributed by atoms with E-state index in [9.17, 15) is 14.4 Å². The second-order valence-corrected chi connectivity index (χ2v) is 6.58. The van der Waals surface area contributed by atoms with Crippen LogP contribution in [0.4, 0.5) is 5.69 Å². The minimum Gasteiger partial charge on any atom is -0.326 e. The van der Waals surface area contributed by atoms with Crippen molar-refractivity contribution in [1.29, 1.82) is 0 Å². The molecule has 0 radical (unpaired) electrons. The number of nitrogens with zero attached hydrogens (tertiary/aromatic N) is 2. The standard InChI is InChI=1S/C21H21N3O3/c1-13-14(2)21(27)18(15(3)20(13)26)8-9-19(25)23-16-4-6-17(7-5-16)24-11-10-22-12-24/h4-7,10-12H,8-9H2,1-3H3,(H,23,25). The Hall–Kier alpha value is -3.28. The van der Waals surface area contributed by atoms with Gasteiger partial charge in [0.1, 0.15) is 0 Å². The van der Waals surface area contributed by atoms with Gasteiger partial charge < -0.3 is 9.88 Å². The molecule has 0 atom stereocenters. The molecule has 0 fully saturated rings. The van der Waals surface area contributed by atoms with E-state index < -0.39 is 0 Å². The Balaban J connectivity index is 1.62. The Kier molecular flexibility index (Phi) is 5.16. The molecule has 1 aromatic heterocycles. The number of rotatable bonds is 5. The van der Waals surface area contributed by atoms with Crippen molar-refractivity contribution >= 4 is 23.2 Å². The van der Waals surface area contributed by atoms with E-state index in [0.717, 1.165) is 5.69 Å². The van der Waals surface area contributed by atoms with Crippen molar-refractivity contribution in [3.8, 4) is 5.69 Å². The number of anilines is 1. The van der Waals surface area contributed by atoms with Gasteiger partial charge in [-0.05, 0) is 51.5 Å². The Morgan fingerprint density at radius 1 is 1.00 bits per heavy atom. The molecule has 1 N–H and O–H groups in total. The van der Waals surface area contributed by atoms with Gasteiger partial charge in [-0.25, -0.2) is 4.98 Å². The van der Waals surface area contributed by atoms with Crippen LogP contribution in [0.2, 0.25) is 0 Å². The molecule has 1 heterocycles. The molecule has 1 aliphatic carbocycles. The largest absolute Gasteiger partial charge is 0.326 e. The monoisotopic (exact) mass is 363 g/mol. The van der Waals surface area contributed by atoms with Crippen molar-refractivity contribution in [3.05, 3.63) is 65.3 Å². The van der Waals surface area contributed by atoms with Crippen LogP contribution >= 0.6 is 0 Å². The lowest BCUT2D eigenvalue weighted by atomic mass is 9.84. The maximum atomic E-state index is 12.4. The fourth-order valence-corrected chi connectivity index (χ4v) is 3.05. The molecule has 3 rings (SSSR count). The Morgan fingerprint density at radius 2 is 1.67 bits per heavy atom. The van der Waals surface area contributed by atoms with Gasteiger partial charge in [0.2, 0.25) is 5.91 Å². The minimum atomic E-state index is -0.199. The van der Waals surface area contributed by atoms with E-state index in [-0.39, 0.29) is 30.3 Å². The first kappa shape index (κ1) is 18.5. The molecule has 6 heteroatoms. The first-order valence-electron chi connectivity index (χ1n) is 8.73. The Morgan fingerprint density at radius 3 is 2.30 bits per heavy atom. The van der Waals surface area contributed by atoms with Crippen LogP contribution in [0.3, 0.4) is 0 Å². The topological polar surface area (TPSA) is 81.1 Å². The number of hydrogen-bond donors (Lipinski definition) is 1. The molecule has 138 valence electrons. The van der Waals surface area contributed by atoms with Crippen LogP contribution in [-0.4, -0.2) is 27.0 Å². The summed E-state index contributed by atoms with van der Waals surface area (Å²) < 4.78 is 1.87. The highest BCUT2D eigenvalue weighted by molar-refractivity contribution is 6.24. The zero-order valence-electron chi connectivity index (χ0n) is 15.6. The van der Waals surface area contributed by atoms with Gasteiger partial charge in [0.05, 0.1) is 6.33 Å². The first-order valence-corrected chi connectivity index (χ1v) is 8.73. The Labute approximate surface area is 157 Å². The second-order valence-electron chi connectivity index (χ2n) is 6.58. The number of benzene rings is 1. The van der Waals surface area contributed by atoms with Gasteiger partial charge in [-0.15, -0.1) is 0 Å².